The molecule has 0 rings (SSSR count). The van der Waals surface area contributed by atoms with Crippen LogP contribution in [0.15, 0.2) is 0 Å². The molecule has 0 saturated heterocycles. The molecule has 0 aliphatic heterocycles. The quantitative estimate of drug-likeness (QED) is 0.534. The standard InChI is InChI=1S/C15H29NO5/c1-8-12(13(17)20-9-11(2)3)16(10-19-7)14(18)21-15(4,5)6/h11-12H,8-10H2,1-7H3/t12-/m0/s1. The van der Waals surface area contributed by atoms with Gasteiger partial charge >= 0.3 is 12.1 Å². The Bertz CT molecular complexity index is 335. The Hall–Kier alpha value is -1.30. The molecule has 6 heteroatoms. The zero-order chi connectivity index (χ0) is 16.6. The normalized spacial score (nSPS) is 13.0. The first-order valence-corrected chi connectivity index (χ1v) is 7.27. The smallest absolute Gasteiger partial charge is 0.412 e. The maximum absolute atomic E-state index is 12.2. The molecule has 21 heavy (non-hydrogen) atoms. The zero-order valence-electron chi connectivity index (χ0n) is 14.3. The van der Waals surface area contributed by atoms with E-state index in [1.54, 1.807) is 20.8 Å². The SMILES string of the molecule is CC[C@@H](C(=O)OCC(C)C)N(COC)C(=O)OC(C)(C)C. The number of esters is 1. The third kappa shape index (κ3) is 7.90. The Morgan fingerprint density at radius 2 is 1.76 bits per heavy atom. The predicted molar refractivity (Wildman–Crippen MR) is 79.8 cm³/mol. The van der Waals surface area contributed by atoms with E-state index in [1.807, 2.05) is 20.8 Å². The van der Waals surface area contributed by atoms with E-state index < -0.39 is 23.7 Å². The van der Waals surface area contributed by atoms with Gasteiger partial charge in [-0.1, -0.05) is 20.8 Å². The molecular formula is C15H29NO5. The van der Waals surface area contributed by atoms with Gasteiger partial charge in [-0.05, 0) is 33.1 Å². The third-order valence-corrected chi connectivity index (χ3v) is 2.49. The number of methoxy groups -OCH3 is 1. The van der Waals surface area contributed by atoms with Crippen molar-refractivity contribution in [1.82, 2.24) is 4.90 Å². The van der Waals surface area contributed by atoms with Crippen LogP contribution in [0.5, 0.6) is 0 Å². The van der Waals surface area contributed by atoms with Crippen LogP contribution in [0.25, 0.3) is 0 Å². The number of carbonyl (C=O) groups excluding carboxylic acids is 2. The summed E-state index contributed by atoms with van der Waals surface area (Å²) >= 11 is 0. The predicted octanol–water partition coefficient (Wildman–Crippen LogP) is 2.81. The van der Waals surface area contributed by atoms with Gasteiger partial charge in [0, 0.05) is 7.11 Å². The summed E-state index contributed by atoms with van der Waals surface area (Å²) in [5.74, 6) is -0.196. The Morgan fingerprint density at radius 3 is 2.14 bits per heavy atom. The first-order valence-electron chi connectivity index (χ1n) is 7.27. The van der Waals surface area contributed by atoms with Crippen molar-refractivity contribution in [3.63, 3.8) is 0 Å². The van der Waals surface area contributed by atoms with Crippen LogP contribution in [0.2, 0.25) is 0 Å². The number of hydrogen-bond acceptors (Lipinski definition) is 5. The summed E-state index contributed by atoms with van der Waals surface area (Å²) in [4.78, 5) is 25.6. The number of carbonyl (C=O) groups is 2. The van der Waals surface area contributed by atoms with Gasteiger partial charge in [-0.15, -0.1) is 0 Å². The number of ether oxygens (including phenoxy) is 3. The van der Waals surface area contributed by atoms with Gasteiger partial charge in [0.05, 0.1) is 6.61 Å². The molecule has 1 amide bonds. The molecule has 6 nitrogen and oxygen atoms in total. The molecule has 0 spiro atoms. The highest BCUT2D eigenvalue weighted by molar-refractivity contribution is 5.81. The van der Waals surface area contributed by atoms with Crippen molar-refractivity contribution in [3.05, 3.63) is 0 Å². The fourth-order valence-corrected chi connectivity index (χ4v) is 1.59. The third-order valence-electron chi connectivity index (χ3n) is 2.49. The molecule has 1 atom stereocenters. The van der Waals surface area contributed by atoms with E-state index >= 15 is 0 Å². The van der Waals surface area contributed by atoms with Gasteiger partial charge < -0.3 is 14.2 Å². The Morgan fingerprint density at radius 1 is 1.19 bits per heavy atom. The van der Waals surface area contributed by atoms with Crippen LogP contribution < -0.4 is 0 Å². The highest BCUT2D eigenvalue weighted by Crippen LogP contribution is 2.15. The van der Waals surface area contributed by atoms with Crippen molar-refractivity contribution in [2.45, 2.75) is 59.6 Å². The summed E-state index contributed by atoms with van der Waals surface area (Å²) in [6.07, 6.45) is -0.155. The van der Waals surface area contributed by atoms with Gasteiger partial charge in [-0.2, -0.15) is 0 Å². The van der Waals surface area contributed by atoms with Crippen molar-refractivity contribution in [2.75, 3.05) is 20.4 Å². The van der Waals surface area contributed by atoms with E-state index in [2.05, 4.69) is 0 Å². The fraction of sp³-hybridized carbons (Fsp3) is 0.867. The second-order valence-corrected chi connectivity index (χ2v) is 6.32. The van der Waals surface area contributed by atoms with Gasteiger partial charge in [0.1, 0.15) is 18.4 Å². The maximum atomic E-state index is 12.2. The second kappa shape index (κ2) is 8.87. The molecule has 0 heterocycles. The van der Waals surface area contributed by atoms with Crippen molar-refractivity contribution < 1.29 is 23.8 Å². The van der Waals surface area contributed by atoms with Gasteiger partial charge in [-0.3, -0.25) is 4.90 Å². The largest absolute Gasteiger partial charge is 0.464 e. The second-order valence-electron chi connectivity index (χ2n) is 6.32. The fourth-order valence-electron chi connectivity index (χ4n) is 1.59. The molecule has 0 aromatic carbocycles. The van der Waals surface area contributed by atoms with E-state index in [1.165, 1.54) is 12.0 Å². The van der Waals surface area contributed by atoms with Gasteiger partial charge in [0.25, 0.3) is 0 Å². The van der Waals surface area contributed by atoms with Gasteiger partial charge in [0.15, 0.2) is 0 Å². The maximum Gasteiger partial charge on any atom is 0.412 e. The Labute approximate surface area is 127 Å². The highest BCUT2D eigenvalue weighted by Gasteiger charge is 2.32. The molecule has 0 aromatic rings. The summed E-state index contributed by atoms with van der Waals surface area (Å²) in [6.45, 7) is 11.3. The first kappa shape index (κ1) is 19.7. The first-order chi connectivity index (χ1) is 9.62. The average Bonchev–Trinajstić information content (AvgIpc) is 2.34. The van der Waals surface area contributed by atoms with E-state index in [-0.39, 0.29) is 12.6 Å². The summed E-state index contributed by atoms with van der Waals surface area (Å²) in [7, 11) is 1.46. The number of rotatable bonds is 7. The van der Waals surface area contributed by atoms with Crippen LogP contribution >= 0.6 is 0 Å². The summed E-state index contributed by atoms with van der Waals surface area (Å²) in [5.41, 5.74) is -0.636. The zero-order valence-corrected chi connectivity index (χ0v) is 14.3. The number of hydrogen-bond donors (Lipinski definition) is 0. The Balaban J connectivity index is 4.94. The summed E-state index contributed by atoms with van der Waals surface area (Å²) in [5, 5.41) is 0. The van der Waals surface area contributed by atoms with Crippen LogP contribution in [-0.4, -0.2) is 49.1 Å². The lowest BCUT2D eigenvalue weighted by Crippen LogP contribution is -2.48. The molecule has 0 aliphatic rings. The summed E-state index contributed by atoms with van der Waals surface area (Å²) < 4.78 is 15.5. The minimum atomic E-state index is -0.710. The molecule has 0 radical (unpaired) electrons. The van der Waals surface area contributed by atoms with Crippen LogP contribution in [0, 0.1) is 5.92 Å². The van der Waals surface area contributed by atoms with E-state index in [0.29, 0.717) is 13.0 Å². The van der Waals surface area contributed by atoms with Gasteiger partial charge in [0.2, 0.25) is 0 Å². The molecule has 0 saturated carbocycles. The molecule has 0 bridgehead atoms. The molecule has 0 aliphatic carbocycles. The molecule has 124 valence electrons. The van der Waals surface area contributed by atoms with Crippen LogP contribution in [0.1, 0.15) is 48.0 Å². The molecule has 0 aromatic heterocycles. The highest BCUT2D eigenvalue weighted by atomic mass is 16.6. The molecule has 0 unspecified atom stereocenters. The van der Waals surface area contributed by atoms with E-state index in [0.717, 1.165) is 0 Å². The topological polar surface area (TPSA) is 65.1 Å². The summed E-state index contributed by atoms with van der Waals surface area (Å²) in [6, 6.07) is -0.710. The van der Waals surface area contributed by atoms with Crippen LogP contribution in [0.4, 0.5) is 4.79 Å². The van der Waals surface area contributed by atoms with Crippen LogP contribution in [-0.2, 0) is 19.0 Å². The number of amides is 1. The monoisotopic (exact) mass is 303 g/mol. The van der Waals surface area contributed by atoms with Crippen molar-refractivity contribution >= 4 is 12.1 Å². The van der Waals surface area contributed by atoms with Gasteiger partial charge in [-0.25, -0.2) is 9.59 Å². The molecule has 0 fully saturated rings. The van der Waals surface area contributed by atoms with Crippen LogP contribution in [0.3, 0.4) is 0 Å². The minimum Gasteiger partial charge on any atom is -0.464 e. The average molecular weight is 303 g/mol. The van der Waals surface area contributed by atoms with E-state index in [4.69, 9.17) is 14.2 Å². The number of nitrogens with zero attached hydrogens (tertiary/aromatic N) is 1. The lowest BCUT2D eigenvalue weighted by atomic mass is 10.2. The van der Waals surface area contributed by atoms with Crippen molar-refractivity contribution in [1.29, 1.82) is 0 Å². The van der Waals surface area contributed by atoms with Crippen molar-refractivity contribution in [3.8, 4) is 0 Å². The minimum absolute atomic E-state index is 0.0236. The Kier molecular flexibility index (Phi) is 8.32. The molecular weight excluding hydrogens is 274 g/mol. The lowest BCUT2D eigenvalue weighted by Gasteiger charge is -2.31. The van der Waals surface area contributed by atoms with E-state index in [9.17, 15) is 9.59 Å². The molecule has 0 N–H and O–H groups in total. The lowest BCUT2D eigenvalue weighted by molar-refractivity contribution is -0.153. The van der Waals surface area contributed by atoms with Crippen molar-refractivity contribution in [2.24, 2.45) is 5.92 Å².